The summed E-state index contributed by atoms with van der Waals surface area (Å²) < 4.78 is 7.99. The number of benzene rings is 1. The summed E-state index contributed by atoms with van der Waals surface area (Å²) in [6.45, 7) is 3.48. The lowest BCUT2D eigenvalue weighted by Gasteiger charge is -2.09. The minimum atomic E-state index is 0.415. The van der Waals surface area contributed by atoms with Gasteiger partial charge in [-0.3, -0.25) is 4.98 Å². The van der Waals surface area contributed by atoms with Crippen molar-refractivity contribution in [2.24, 2.45) is 0 Å². The van der Waals surface area contributed by atoms with Crippen LogP contribution >= 0.6 is 0 Å². The molecule has 1 aromatic carbocycles. The van der Waals surface area contributed by atoms with Gasteiger partial charge in [-0.2, -0.15) is 0 Å². The van der Waals surface area contributed by atoms with Crippen molar-refractivity contribution in [2.75, 3.05) is 5.73 Å². The average molecular weight is 282 g/mol. The van der Waals surface area contributed by atoms with Crippen molar-refractivity contribution in [3.63, 3.8) is 0 Å². The monoisotopic (exact) mass is 282 g/mol. The van der Waals surface area contributed by atoms with Crippen molar-refractivity contribution in [2.45, 2.75) is 26.5 Å². The van der Waals surface area contributed by atoms with Gasteiger partial charge in [0.25, 0.3) is 0 Å². The van der Waals surface area contributed by atoms with Gasteiger partial charge in [-0.25, -0.2) is 4.98 Å². The van der Waals surface area contributed by atoms with E-state index >= 15 is 0 Å². The van der Waals surface area contributed by atoms with Gasteiger partial charge >= 0.3 is 0 Å². The first-order valence-corrected chi connectivity index (χ1v) is 7.05. The van der Waals surface area contributed by atoms with Crippen molar-refractivity contribution >= 4 is 16.7 Å². The van der Waals surface area contributed by atoms with Crippen molar-refractivity contribution in [1.29, 1.82) is 0 Å². The Kier molecular flexibility index (Phi) is 3.73. The van der Waals surface area contributed by atoms with Crippen LogP contribution in [0.4, 0.5) is 5.69 Å². The number of hydrogen-bond acceptors (Lipinski definition) is 4. The molecule has 3 aromatic rings. The fourth-order valence-electron chi connectivity index (χ4n) is 2.37. The molecule has 2 N–H and O–H groups in total. The van der Waals surface area contributed by atoms with Crippen LogP contribution in [0.5, 0.6) is 5.75 Å². The third-order valence-corrected chi connectivity index (χ3v) is 3.30. The van der Waals surface area contributed by atoms with E-state index in [0.29, 0.717) is 12.3 Å². The van der Waals surface area contributed by atoms with E-state index in [-0.39, 0.29) is 0 Å². The number of nitrogens with zero attached hydrogens (tertiary/aromatic N) is 3. The molecule has 0 amide bonds. The number of rotatable bonds is 5. The van der Waals surface area contributed by atoms with Gasteiger partial charge in [0.2, 0.25) is 0 Å². The number of anilines is 1. The van der Waals surface area contributed by atoms with E-state index in [1.165, 1.54) is 0 Å². The summed E-state index contributed by atoms with van der Waals surface area (Å²) in [5.41, 5.74) is 8.45. The quantitative estimate of drug-likeness (QED) is 0.730. The third kappa shape index (κ3) is 2.81. The normalized spacial score (nSPS) is 10.9. The van der Waals surface area contributed by atoms with Crippen LogP contribution in [0.3, 0.4) is 0 Å². The van der Waals surface area contributed by atoms with Crippen LogP contribution in [0, 0.1) is 0 Å². The van der Waals surface area contributed by atoms with Crippen molar-refractivity contribution in [3.8, 4) is 5.75 Å². The van der Waals surface area contributed by atoms with Crippen LogP contribution < -0.4 is 10.5 Å². The van der Waals surface area contributed by atoms with Crippen LogP contribution in [0.15, 0.2) is 42.7 Å². The highest BCUT2D eigenvalue weighted by Gasteiger charge is 2.10. The maximum Gasteiger partial charge on any atom is 0.148 e. The molecule has 0 bridgehead atoms. The first-order chi connectivity index (χ1) is 10.3. The van der Waals surface area contributed by atoms with E-state index in [0.717, 1.165) is 35.6 Å². The molecule has 108 valence electrons. The van der Waals surface area contributed by atoms with Gasteiger partial charge in [0.1, 0.15) is 23.7 Å². The summed E-state index contributed by atoms with van der Waals surface area (Å²) in [6, 6.07) is 9.41. The van der Waals surface area contributed by atoms with Crippen LogP contribution in [0.2, 0.25) is 0 Å². The zero-order valence-electron chi connectivity index (χ0n) is 12.0. The van der Waals surface area contributed by atoms with Crippen LogP contribution in [-0.4, -0.2) is 14.5 Å². The molecule has 0 atom stereocenters. The molecule has 0 fully saturated rings. The Labute approximate surface area is 123 Å². The highest BCUT2D eigenvalue weighted by molar-refractivity contribution is 5.74. The molecule has 0 saturated carbocycles. The van der Waals surface area contributed by atoms with Crippen molar-refractivity contribution in [3.05, 3.63) is 48.5 Å². The highest BCUT2D eigenvalue weighted by atomic mass is 16.5. The molecule has 2 aromatic heterocycles. The number of nitrogen functional groups attached to an aromatic ring is 1. The van der Waals surface area contributed by atoms with E-state index in [1.54, 1.807) is 12.4 Å². The smallest absolute Gasteiger partial charge is 0.148 e. The van der Waals surface area contributed by atoms with Crippen molar-refractivity contribution < 1.29 is 4.74 Å². The number of ether oxygens (including phenoxy) is 1. The molecule has 0 aliphatic heterocycles. The first kappa shape index (κ1) is 13.4. The lowest BCUT2D eigenvalue weighted by molar-refractivity contribution is 0.290. The van der Waals surface area contributed by atoms with Gasteiger partial charge in [-0.1, -0.05) is 13.0 Å². The molecule has 0 aliphatic carbocycles. The molecule has 5 heteroatoms. The zero-order chi connectivity index (χ0) is 14.7. The SMILES string of the molecule is CCCn1c(COc2cccc(N)c2)nc2cnccc21. The Morgan fingerprint density at radius 2 is 2.19 bits per heavy atom. The molecular formula is C16H18N4O. The van der Waals surface area contributed by atoms with Crippen LogP contribution in [0.1, 0.15) is 19.2 Å². The van der Waals surface area contributed by atoms with Gasteiger partial charge in [-0.05, 0) is 24.6 Å². The summed E-state index contributed by atoms with van der Waals surface area (Å²) in [5.74, 6) is 1.66. The maximum atomic E-state index is 5.81. The Balaban J connectivity index is 1.87. The number of hydrogen-bond donors (Lipinski definition) is 1. The van der Waals surface area contributed by atoms with E-state index in [2.05, 4.69) is 21.5 Å². The standard InChI is InChI=1S/C16H18N4O/c1-2-8-20-15-6-7-18-10-14(15)19-16(20)11-21-13-5-3-4-12(17)9-13/h3-7,9-10H,2,8,11,17H2,1H3. The lowest BCUT2D eigenvalue weighted by Crippen LogP contribution is -2.07. The summed E-state index contributed by atoms with van der Waals surface area (Å²) in [5, 5.41) is 0. The second kappa shape index (κ2) is 5.83. The Morgan fingerprint density at radius 1 is 1.29 bits per heavy atom. The van der Waals surface area contributed by atoms with Crippen molar-refractivity contribution in [1.82, 2.24) is 14.5 Å². The molecule has 0 spiro atoms. The topological polar surface area (TPSA) is 66.0 Å². The van der Waals surface area contributed by atoms with E-state index < -0.39 is 0 Å². The van der Waals surface area contributed by atoms with Gasteiger partial charge in [0, 0.05) is 24.5 Å². The molecule has 0 unspecified atom stereocenters. The lowest BCUT2D eigenvalue weighted by atomic mass is 10.3. The molecule has 0 aliphatic rings. The molecule has 0 radical (unpaired) electrons. The summed E-state index contributed by atoms with van der Waals surface area (Å²) >= 11 is 0. The van der Waals surface area contributed by atoms with Gasteiger partial charge in [0.15, 0.2) is 0 Å². The summed E-state index contributed by atoms with van der Waals surface area (Å²) in [7, 11) is 0. The van der Waals surface area contributed by atoms with E-state index in [4.69, 9.17) is 10.5 Å². The number of imidazole rings is 1. The second-order valence-corrected chi connectivity index (χ2v) is 4.91. The fraction of sp³-hybridized carbons (Fsp3) is 0.250. The molecule has 0 saturated heterocycles. The van der Waals surface area contributed by atoms with Crippen LogP contribution in [0.25, 0.3) is 11.0 Å². The van der Waals surface area contributed by atoms with Gasteiger partial charge in [-0.15, -0.1) is 0 Å². The Hall–Kier alpha value is -2.56. The van der Waals surface area contributed by atoms with E-state index in [9.17, 15) is 0 Å². The van der Waals surface area contributed by atoms with E-state index in [1.807, 2.05) is 30.3 Å². The minimum absolute atomic E-state index is 0.415. The number of pyridine rings is 1. The second-order valence-electron chi connectivity index (χ2n) is 4.91. The first-order valence-electron chi connectivity index (χ1n) is 7.05. The van der Waals surface area contributed by atoms with Crippen LogP contribution in [-0.2, 0) is 13.2 Å². The highest BCUT2D eigenvalue weighted by Crippen LogP contribution is 2.19. The maximum absolute atomic E-state index is 5.81. The molecule has 2 heterocycles. The molecule has 21 heavy (non-hydrogen) atoms. The average Bonchev–Trinajstić information content (AvgIpc) is 2.84. The third-order valence-electron chi connectivity index (χ3n) is 3.30. The Morgan fingerprint density at radius 3 is 3.00 bits per heavy atom. The number of aromatic nitrogens is 3. The number of aryl methyl sites for hydroxylation is 1. The Bertz CT molecular complexity index is 751. The molecular weight excluding hydrogens is 264 g/mol. The molecule has 3 rings (SSSR count). The predicted octanol–water partition coefficient (Wildman–Crippen LogP) is 3.00. The van der Waals surface area contributed by atoms with Gasteiger partial charge < -0.3 is 15.0 Å². The summed E-state index contributed by atoms with van der Waals surface area (Å²) in [6.07, 6.45) is 4.61. The predicted molar refractivity (Wildman–Crippen MR) is 83.0 cm³/mol. The molecule has 5 nitrogen and oxygen atoms in total. The number of nitrogens with two attached hydrogens (primary N) is 1. The minimum Gasteiger partial charge on any atom is -0.486 e. The van der Waals surface area contributed by atoms with Gasteiger partial charge in [0.05, 0.1) is 11.7 Å². The fourth-order valence-corrected chi connectivity index (χ4v) is 2.37. The summed E-state index contributed by atoms with van der Waals surface area (Å²) in [4.78, 5) is 8.74. The number of fused-ring (bicyclic) bond motifs is 1. The zero-order valence-corrected chi connectivity index (χ0v) is 12.0. The largest absolute Gasteiger partial charge is 0.486 e.